The number of carbonyl (C=O) groups excluding carboxylic acids is 3. The molecule has 0 fully saturated rings. The Balaban J connectivity index is 3.54. The van der Waals surface area contributed by atoms with Crippen molar-refractivity contribution < 1.29 is 19.1 Å². The number of esters is 1. The van der Waals surface area contributed by atoms with Crippen LogP contribution >= 0.6 is 23.2 Å². The minimum atomic E-state index is -2.28. The molecule has 0 bridgehead atoms. The van der Waals surface area contributed by atoms with Crippen LogP contribution in [0.15, 0.2) is 18.2 Å². The predicted molar refractivity (Wildman–Crippen MR) is 90.0 cm³/mol. The molecule has 0 N–H and O–H groups in total. The van der Waals surface area contributed by atoms with E-state index in [9.17, 15) is 14.4 Å². The van der Waals surface area contributed by atoms with Gasteiger partial charge in [0.2, 0.25) is 0 Å². The summed E-state index contributed by atoms with van der Waals surface area (Å²) in [6.07, 6.45) is 0. The van der Waals surface area contributed by atoms with Gasteiger partial charge in [0.15, 0.2) is 5.78 Å². The third-order valence-electron chi connectivity index (χ3n) is 3.54. The van der Waals surface area contributed by atoms with E-state index in [0.29, 0.717) is 5.69 Å². The molecule has 1 atom stereocenters. The van der Waals surface area contributed by atoms with Crippen LogP contribution in [0.4, 0.5) is 5.69 Å². The third-order valence-corrected chi connectivity index (χ3v) is 4.40. The largest absolute Gasteiger partial charge is 0.467 e. The van der Waals surface area contributed by atoms with Gasteiger partial charge in [-0.25, -0.2) is 4.79 Å². The standard InChI is InChI=1S/C16H19Cl2NO4/c1-9-7-6-8-10(2)13(9)19(11(3)14(21)23-5)15(22)16(17,18)12(4)20/h6-8,11H,1-5H3. The highest BCUT2D eigenvalue weighted by Gasteiger charge is 2.46. The number of rotatable bonds is 5. The lowest BCUT2D eigenvalue weighted by atomic mass is 10.0. The van der Waals surface area contributed by atoms with Crippen LogP contribution in [0.1, 0.15) is 25.0 Å². The van der Waals surface area contributed by atoms with Gasteiger partial charge in [-0.05, 0) is 38.8 Å². The maximum absolute atomic E-state index is 12.8. The number of alkyl halides is 2. The highest BCUT2D eigenvalue weighted by molar-refractivity contribution is 6.68. The van der Waals surface area contributed by atoms with Crippen LogP contribution < -0.4 is 4.90 Å². The van der Waals surface area contributed by atoms with Crippen LogP contribution in [0.3, 0.4) is 0 Å². The number of ketones is 1. The van der Waals surface area contributed by atoms with Crippen molar-refractivity contribution in [1.82, 2.24) is 0 Å². The summed E-state index contributed by atoms with van der Waals surface area (Å²) in [7, 11) is 1.21. The Bertz CT molecular complexity index is 623. The number of halogens is 2. The predicted octanol–water partition coefficient (Wildman–Crippen LogP) is 2.96. The lowest BCUT2D eigenvalue weighted by molar-refractivity contribution is -0.143. The summed E-state index contributed by atoms with van der Waals surface area (Å²) in [6.45, 7) is 6.16. The van der Waals surface area contributed by atoms with Crippen molar-refractivity contribution in [1.29, 1.82) is 0 Å². The van der Waals surface area contributed by atoms with Crippen molar-refractivity contribution in [3.63, 3.8) is 0 Å². The van der Waals surface area contributed by atoms with E-state index < -0.39 is 28.0 Å². The summed E-state index contributed by atoms with van der Waals surface area (Å²) >= 11 is 11.9. The first-order valence-corrected chi connectivity index (χ1v) is 7.67. The Labute approximate surface area is 145 Å². The zero-order valence-electron chi connectivity index (χ0n) is 13.6. The summed E-state index contributed by atoms with van der Waals surface area (Å²) in [5, 5.41) is 0. The van der Waals surface area contributed by atoms with Gasteiger partial charge in [0.25, 0.3) is 10.2 Å². The number of carbonyl (C=O) groups is 3. The summed E-state index contributed by atoms with van der Waals surface area (Å²) < 4.78 is 2.43. The molecule has 126 valence electrons. The SMILES string of the molecule is COC(=O)C(C)N(C(=O)C(Cl)(Cl)C(C)=O)c1c(C)cccc1C. The van der Waals surface area contributed by atoms with E-state index in [4.69, 9.17) is 27.9 Å². The molecule has 1 amide bonds. The second-order valence-corrected chi connectivity index (χ2v) is 6.57. The molecule has 23 heavy (non-hydrogen) atoms. The summed E-state index contributed by atoms with van der Waals surface area (Å²) in [6, 6.07) is 4.39. The normalized spacial score (nSPS) is 12.5. The maximum Gasteiger partial charge on any atom is 0.328 e. The molecular formula is C16H19Cl2NO4. The number of amides is 1. The number of hydrogen-bond donors (Lipinski definition) is 0. The maximum atomic E-state index is 12.8. The first-order valence-electron chi connectivity index (χ1n) is 6.92. The number of nitrogens with zero attached hydrogens (tertiary/aromatic N) is 1. The summed E-state index contributed by atoms with van der Waals surface area (Å²) in [5.41, 5.74) is 1.95. The average molecular weight is 360 g/mol. The number of anilines is 1. The Morgan fingerprint density at radius 3 is 2.04 bits per heavy atom. The Hall–Kier alpha value is -1.59. The number of aryl methyl sites for hydroxylation is 2. The van der Waals surface area contributed by atoms with Gasteiger partial charge in [-0.1, -0.05) is 41.4 Å². The van der Waals surface area contributed by atoms with Gasteiger partial charge in [0.05, 0.1) is 12.8 Å². The minimum absolute atomic E-state index is 0.474. The molecule has 0 heterocycles. The zero-order chi connectivity index (χ0) is 17.9. The van der Waals surface area contributed by atoms with Crippen LogP contribution in [-0.4, -0.2) is 35.1 Å². The highest BCUT2D eigenvalue weighted by Crippen LogP contribution is 2.33. The first-order chi connectivity index (χ1) is 10.6. The fraction of sp³-hybridized carbons (Fsp3) is 0.438. The molecule has 1 rings (SSSR count). The molecule has 7 heteroatoms. The molecule has 0 saturated carbocycles. The third kappa shape index (κ3) is 3.85. The van der Waals surface area contributed by atoms with E-state index >= 15 is 0 Å². The average Bonchev–Trinajstić information content (AvgIpc) is 2.48. The number of ether oxygens (including phenoxy) is 1. The second-order valence-electron chi connectivity index (χ2n) is 5.25. The van der Waals surface area contributed by atoms with Gasteiger partial charge in [-0.3, -0.25) is 14.5 Å². The van der Waals surface area contributed by atoms with Gasteiger partial charge < -0.3 is 4.74 Å². The lowest BCUT2D eigenvalue weighted by Crippen LogP contribution is -2.53. The van der Waals surface area contributed by atoms with E-state index in [0.717, 1.165) is 23.0 Å². The molecule has 1 aromatic rings. The molecule has 5 nitrogen and oxygen atoms in total. The first kappa shape index (κ1) is 19.5. The molecule has 0 radical (unpaired) electrons. The van der Waals surface area contributed by atoms with Crippen molar-refractivity contribution in [2.75, 3.05) is 12.0 Å². The fourth-order valence-corrected chi connectivity index (χ4v) is 2.42. The number of benzene rings is 1. The topological polar surface area (TPSA) is 63.7 Å². The zero-order valence-corrected chi connectivity index (χ0v) is 15.2. The fourth-order valence-electron chi connectivity index (χ4n) is 2.23. The van der Waals surface area contributed by atoms with Crippen LogP contribution in [-0.2, 0) is 19.1 Å². The van der Waals surface area contributed by atoms with E-state index in [1.165, 1.54) is 14.0 Å². The molecule has 1 aromatic carbocycles. The molecule has 1 unspecified atom stereocenters. The van der Waals surface area contributed by atoms with Gasteiger partial charge in [-0.2, -0.15) is 0 Å². The molecule has 0 aliphatic rings. The Morgan fingerprint density at radius 1 is 1.17 bits per heavy atom. The smallest absolute Gasteiger partial charge is 0.328 e. The molecule has 0 aliphatic carbocycles. The van der Waals surface area contributed by atoms with E-state index in [1.54, 1.807) is 26.0 Å². The molecule has 0 spiro atoms. The second kappa shape index (κ2) is 7.32. The van der Waals surface area contributed by atoms with Crippen molar-refractivity contribution in [3.05, 3.63) is 29.3 Å². The summed E-state index contributed by atoms with van der Waals surface area (Å²) in [4.78, 5) is 37.5. The van der Waals surface area contributed by atoms with E-state index in [1.807, 2.05) is 6.07 Å². The number of hydrogen-bond acceptors (Lipinski definition) is 4. The lowest BCUT2D eigenvalue weighted by Gasteiger charge is -2.33. The van der Waals surface area contributed by atoms with Crippen molar-refractivity contribution in [2.24, 2.45) is 0 Å². The highest BCUT2D eigenvalue weighted by atomic mass is 35.5. The molecule has 0 aromatic heterocycles. The Morgan fingerprint density at radius 2 is 1.65 bits per heavy atom. The van der Waals surface area contributed by atoms with E-state index in [-0.39, 0.29) is 0 Å². The number of methoxy groups -OCH3 is 1. The van der Waals surface area contributed by atoms with Crippen LogP contribution in [0.25, 0.3) is 0 Å². The van der Waals surface area contributed by atoms with Crippen molar-refractivity contribution in [3.8, 4) is 0 Å². The van der Waals surface area contributed by atoms with Gasteiger partial charge in [0.1, 0.15) is 6.04 Å². The molecule has 0 saturated heterocycles. The van der Waals surface area contributed by atoms with Crippen LogP contribution in [0.5, 0.6) is 0 Å². The monoisotopic (exact) mass is 359 g/mol. The Kier molecular flexibility index (Phi) is 6.19. The number of para-hydroxylation sites is 1. The van der Waals surface area contributed by atoms with Gasteiger partial charge >= 0.3 is 5.97 Å². The quantitative estimate of drug-likeness (QED) is 0.460. The van der Waals surface area contributed by atoms with Crippen LogP contribution in [0.2, 0.25) is 0 Å². The van der Waals surface area contributed by atoms with Gasteiger partial charge in [-0.15, -0.1) is 0 Å². The van der Waals surface area contributed by atoms with Crippen molar-refractivity contribution in [2.45, 2.75) is 38.1 Å². The van der Waals surface area contributed by atoms with Gasteiger partial charge in [0, 0.05) is 0 Å². The van der Waals surface area contributed by atoms with Crippen molar-refractivity contribution >= 4 is 46.5 Å². The molecule has 0 aliphatic heterocycles. The molecular weight excluding hydrogens is 341 g/mol. The van der Waals surface area contributed by atoms with E-state index in [2.05, 4.69) is 0 Å². The summed E-state index contributed by atoms with van der Waals surface area (Å²) in [5.74, 6) is -2.25. The van der Waals surface area contributed by atoms with Crippen LogP contribution in [0, 0.1) is 13.8 Å². The number of Topliss-reactive ketones (excluding diaryl/α,β-unsaturated/α-hetero) is 1. The minimum Gasteiger partial charge on any atom is -0.467 e.